The van der Waals surface area contributed by atoms with E-state index in [0.29, 0.717) is 22.6 Å². The Labute approximate surface area is 150 Å². The maximum atomic E-state index is 12.4. The van der Waals surface area contributed by atoms with Gasteiger partial charge in [-0.2, -0.15) is 0 Å². The minimum absolute atomic E-state index is 0.136. The van der Waals surface area contributed by atoms with Crippen molar-refractivity contribution in [1.82, 2.24) is 25.1 Å². The highest BCUT2D eigenvalue weighted by molar-refractivity contribution is 7.99. The second-order valence-electron chi connectivity index (χ2n) is 6.55. The van der Waals surface area contributed by atoms with Gasteiger partial charge in [0.05, 0.1) is 5.75 Å². The maximum Gasteiger partial charge on any atom is 0.233 e. The number of rotatable bonds is 4. The number of carbonyl (C=O) groups excluding carboxylic acids is 1. The van der Waals surface area contributed by atoms with Gasteiger partial charge < -0.3 is 9.88 Å². The number of benzene rings is 1. The van der Waals surface area contributed by atoms with Gasteiger partial charge >= 0.3 is 0 Å². The van der Waals surface area contributed by atoms with E-state index in [4.69, 9.17) is 0 Å². The van der Waals surface area contributed by atoms with E-state index in [1.807, 2.05) is 36.2 Å². The summed E-state index contributed by atoms with van der Waals surface area (Å²) in [5.41, 5.74) is 2.48. The fourth-order valence-corrected chi connectivity index (χ4v) is 4.18. The Balaban J connectivity index is 1.45. The summed E-state index contributed by atoms with van der Waals surface area (Å²) in [5, 5.41) is 10.0. The number of aromatic amines is 1. The van der Waals surface area contributed by atoms with Crippen molar-refractivity contribution in [3.05, 3.63) is 24.3 Å². The van der Waals surface area contributed by atoms with Gasteiger partial charge in [-0.25, -0.2) is 4.98 Å². The fraction of sp³-hybridized carbons (Fsp3) is 0.444. The number of H-pyrrole nitrogens is 1. The number of para-hydroxylation sites is 1. The van der Waals surface area contributed by atoms with Crippen LogP contribution in [0.1, 0.15) is 32.1 Å². The van der Waals surface area contributed by atoms with E-state index in [2.05, 4.69) is 20.2 Å². The van der Waals surface area contributed by atoms with Crippen molar-refractivity contribution in [1.29, 1.82) is 0 Å². The zero-order chi connectivity index (χ0) is 17.2. The van der Waals surface area contributed by atoms with Crippen LogP contribution < -0.4 is 0 Å². The molecule has 7 heteroatoms. The quantitative estimate of drug-likeness (QED) is 0.726. The summed E-state index contributed by atoms with van der Waals surface area (Å²) >= 11 is 1.35. The van der Waals surface area contributed by atoms with Gasteiger partial charge in [0.1, 0.15) is 5.52 Å². The third-order valence-corrected chi connectivity index (χ3v) is 5.77. The number of amides is 1. The third kappa shape index (κ3) is 3.33. The number of fused-ring (bicyclic) bond motifs is 3. The highest BCUT2D eigenvalue weighted by Crippen LogP contribution is 2.25. The van der Waals surface area contributed by atoms with Gasteiger partial charge in [-0.1, -0.05) is 49.2 Å². The average molecular weight is 355 g/mol. The number of nitrogens with zero attached hydrogens (tertiary/aromatic N) is 4. The molecule has 0 unspecified atom stereocenters. The van der Waals surface area contributed by atoms with Crippen molar-refractivity contribution < 1.29 is 4.79 Å². The van der Waals surface area contributed by atoms with Crippen molar-refractivity contribution in [2.45, 2.75) is 43.3 Å². The number of carbonyl (C=O) groups is 1. The third-order valence-electron chi connectivity index (χ3n) is 4.94. The molecule has 0 bridgehead atoms. The Hall–Kier alpha value is -2.15. The van der Waals surface area contributed by atoms with Crippen molar-refractivity contribution in [2.24, 2.45) is 0 Å². The van der Waals surface area contributed by atoms with Crippen LogP contribution in [0.4, 0.5) is 0 Å². The molecule has 0 saturated heterocycles. The van der Waals surface area contributed by atoms with Crippen molar-refractivity contribution in [3.8, 4) is 0 Å². The summed E-state index contributed by atoms with van der Waals surface area (Å²) in [6, 6.07) is 8.33. The first-order valence-corrected chi connectivity index (χ1v) is 9.70. The summed E-state index contributed by atoms with van der Waals surface area (Å²) in [7, 11) is 1.92. The molecule has 6 nitrogen and oxygen atoms in total. The number of hydrogen-bond acceptors (Lipinski definition) is 5. The van der Waals surface area contributed by atoms with E-state index >= 15 is 0 Å². The first-order chi connectivity index (χ1) is 12.2. The van der Waals surface area contributed by atoms with Crippen LogP contribution in [0.3, 0.4) is 0 Å². The maximum absolute atomic E-state index is 12.4. The first-order valence-electron chi connectivity index (χ1n) is 8.72. The SMILES string of the molecule is CN(C(=O)CSc1nnc2c(n1)[nH]c1ccccc12)C1CCCCC1. The van der Waals surface area contributed by atoms with E-state index in [0.717, 1.165) is 29.3 Å². The van der Waals surface area contributed by atoms with E-state index in [1.165, 1.54) is 31.0 Å². The second kappa shape index (κ2) is 7.00. The van der Waals surface area contributed by atoms with Gasteiger partial charge in [0.2, 0.25) is 11.1 Å². The molecule has 1 fully saturated rings. The van der Waals surface area contributed by atoms with Gasteiger partial charge in [0.15, 0.2) is 5.65 Å². The van der Waals surface area contributed by atoms with Crippen LogP contribution in [0.15, 0.2) is 29.4 Å². The number of nitrogens with one attached hydrogen (secondary N) is 1. The largest absolute Gasteiger partial charge is 0.342 e. The summed E-state index contributed by atoms with van der Waals surface area (Å²) < 4.78 is 0. The molecule has 1 saturated carbocycles. The number of thioether (sulfide) groups is 1. The molecule has 4 rings (SSSR count). The highest BCUT2D eigenvalue weighted by Gasteiger charge is 2.22. The van der Waals surface area contributed by atoms with E-state index in [-0.39, 0.29) is 5.91 Å². The van der Waals surface area contributed by atoms with E-state index < -0.39 is 0 Å². The summed E-state index contributed by atoms with van der Waals surface area (Å²) in [4.78, 5) is 22.1. The topological polar surface area (TPSA) is 74.8 Å². The number of hydrogen-bond donors (Lipinski definition) is 1. The molecule has 130 valence electrons. The van der Waals surface area contributed by atoms with Crippen molar-refractivity contribution in [2.75, 3.05) is 12.8 Å². The highest BCUT2D eigenvalue weighted by atomic mass is 32.2. The van der Waals surface area contributed by atoms with Gasteiger partial charge in [0.25, 0.3) is 0 Å². The van der Waals surface area contributed by atoms with Gasteiger partial charge in [-0.05, 0) is 18.9 Å². The van der Waals surface area contributed by atoms with Crippen LogP contribution in [0.25, 0.3) is 22.1 Å². The van der Waals surface area contributed by atoms with Crippen molar-refractivity contribution >= 4 is 39.7 Å². The van der Waals surface area contributed by atoms with Crippen LogP contribution in [-0.4, -0.2) is 49.8 Å². The lowest BCUT2D eigenvalue weighted by Gasteiger charge is -2.31. The van der Waals surface area contributed by atoms with Gasteiger partial charge in [0, 0.05) is 24.0 Å². The van der Waals surface area contributed by atoms with E-state index in [9.17, 15) is 4.79 Å². The van der Waals surface area contributed by atoms with Crippen LogP contribution in [-0.2, 0) is 4.79 Å². The van der Waals surface area contributed by atoms with Crippen LogP contribution in [0, 0.1) is 0 Å². The molecule has 1 aliphatic carbocycles. The normalized spacial score (nSPS) is 15.7. The predicted molar refractivity (Wildman–Crippen MR) is 99.6 cm³/mol. The molecule has 1 N–H and O–H groups in total. The van der Waals surface area contributed by atoms with Crippen molar-refractivity contribution in [3.63, 3.8) is 0 Å². The number of aromatic nitrogens is 4. The standard InChI is InChI=1S/C18H21N5OS/c1-23(12-7-3-2-4-8-12)15(24)11-25-18-20-17-16(21-22-18)13-9-5-6-10-14(13)19-17/h5-6,9-10,12H,2-4,7-8,11H2,1H3,(H,19,20,22). The Kier molecular flexibility index (Phi) is 4.57. The Morgan fingerprint density at radius 2 is 2.04 bits per heavy atom. The van der Waals surface area contributed by atoms with Crippen LogP contribution in [0.2, 0.25) is 0 Å². The summed E-state index contributed by atoms with van der Waals surface area (Å²) in [5.74, 6) is 0.484. The molecule has 0 aliphatic heterocycles. The lowest BCUT2D eigenvalue weighted by Crippen LogP contribution is -2.39. The zero-order valence-electron chi connectivity index (χ0n) is 14.2. The van der Waals surface area contributed by atoms with Gasteiger partial charge in [-0.15, -0.1) is 10.2 Å². The first kappa shape index (κ1) is 16.3. The monoisotopic (exact) mass is 355 g/mol. The van der Waals surface area contributed by atoms with Gasteiger partial charge in [-0.3, -0.25) is 4.79 Å². The molecule has 1 aromatic carbocycles. The summed E-state index contributed by atoms with van der Waals surface area (Å²) in [6.45, 7) is 0. The molecular formula is C18H21N5OS. The minimum atomic E-state index is 0.136. The zero-order valence-corrected chi connectivity index (χ0v) is 15.1. The van der Waals surface area contributed by atoms with E-state index in [1.54, 1.807) is 0 Å². The van der Waals surface area contributed by atoms with Crippen LogP contribution >= 0.6 is 11.8 Å². The lowest BCUT2D eigenvalue weighted by molar-refractivity contribution is -0.129. The molecule has 0 radical (unpaired) electrons. The molecule has 1 aliphatic rings. The molecule has 1 amide bonds. The average Bonchev–Trinajstić information content (AvgIpc) is 3.04. The molecule has 0 atom stereocenters. The smallest absolute Gasteiger partial charge is 0.233 e. The fourth-order valence-electron chi connectivity index (χ4n) is 3.47. The molecule has 2 aromatic heterocycles. The lowest BCUT2D eigenvalue weighted by atomic mass is 9.94. The Bertz CT molecular complexity index is 903. The Morgan fingerprint density at radius 1 is 1.24 bits per heavy atom. The predicted octanol–water partition coefficient (Wildman–Crippen LogP) is 3.39. The molecule has 2 heterocycles. The Morgan fingerprint density at radius 3 is 2.88 bits per heavy atom. The minimum Gasteiger partial charge on any atom is -0.342 e. The molecule has 3 aromatic rings. The molecular weight excluding hydrogens is 334 g/mol. The molecule has 25 heavy (non-hydrogen) atoms. The second-order valence-corrected chi connectivity index (χ2v) is 7.49. The summed E-state index contributed by atoms with van der Waals surface area (Å²) in [6.07, 6.45) is 5.97. The van der Waals surface area contributed by atoms with Crippen LogP contribution in [0.5, 0.6) is 0 Å². The molecule has 0 spiro atoms.